The van der Waals surface area contributed by atoms with Crippen LogP contribution in [-0.2, 0) is 21.7 Å². The molecule has 138 valence electrons. The van der Waals surface area contributed by atoms with Gasteiger partial charge in [-0.2, -0.15) is 0 Å². The Morgan fingerprint density at radius 1 is 1.27 bits per heavy atom. The average molecular weight is 360 g/mol. The van der Waals surface area contributed by atoms with E-state index in [9.17, 15) is 24.6 Å². The highest BCUT2D eigenvalue weighted by Gasteiger charge is 2.43. The van der Waals surface area contributed by atoms with Gasteiger partial charge in [0.25, 0.3) is 5.91 Å². The quantitative estimate of drug-likeness (QED) is 0.466. The van der Waals surface area contributed by atoms with E-state index < -0.39 is 23.7 Å². The summed E-state index contributed by atoms with van der Waals surface area (Å²) in [5.74, 6) is -1.13. The van der Waals surface area contributed by atoms with E-state index in [0.717, 1.165) is 0 Å². The molecule has 9 nitrogen and oxygen atoms in total. The number of aromatic nitrogens is 1. The first kappa shape index (κ1) is 17.1. The lowest BCUT2D eigenvalue weighted by atomic mass is 9.85. The van der Waals surface area contributed by atoms with Gasteiger partial charge in [0.15, 0.2) is 0 Å². The first-order valence-electron chi connectivity index (χ1n) is 8.66. The van der Waals surface area contributed by atoms with Gasteiger partial charge in [0.05, 0.1) is 23.5 Å². The number of piperidine rings is 2. The first-order chi connectivity index (χ1) is 12.4. The minimum absolute atomic E-state index is 0.138. The van der Waals surface area contributed by atoms with Crippen LogP contribution >= 0.6 is 0 Å². The van der Waals surface area contributed by atoms with Gasteiger partial charge in [0.1, 0.15) is 17.7 Å². The number of aliphatic hydroxyl groups is 2. The number of pyridine rings is 1. The lowest BCUT2D eigenvalue weighted by molar-refractivity contribution is -0.136. The number of hydrogen-bond donors (Lipinski definition) is 4. The highest BCUT2D eigenvalue weighted by atomic mass is 16.3. The average Bonchev–Trinajstić information content (AvgIpc) is 2.94. The number of carbonyl (C=O) groups is 3. The number of imide groups is 1. The Morgan fingerprint density at radius 3 is 2.81 bits per heavy atom. The number of rotatable bonds is 2. The van der Waals surface area contributed by atoms with Crippen LogP contribution in [0.3, 0.4) is 0 Å². The minimum atomic E-state index is -1.47. The van der Waals surface area contributed by atoms with E-state index in [1.54, 1.807) is 12.1 Å². The summed E-state index contributed by atoms with van der Waals surface area (Å²) in [6.07, 6.45) is -0.213. The van der Waals surface area contributed by atoms with Gasteiger partial charge in [-0.1, -0.05) is 0 Å². The smallest absolute Gasteiger partial charge is 0.256 e. The molecule has 9 heteroatoms. The fourth-order valence-corrected chi connectivity index (χ4v) is 3.83. The Balaban J connectivity index is 1.61. The molecule has 0 spiro atoms. The maximum absolute atomic E-state index is 12.7. The van der Waals surface area contributed by atoms with Gasteiger partial charge < -0.3 is 20.4 Å². The molecule has 0 radical (unpaired) electrons. The fourth-order valence-electron chi connectivity index (χ4n) is 3.83. The van der Waals surface area contributed by atoms with Crippen LogP contribution < -0.4 is 10.6 Å². The zero-order valence-electron chi connectivity index (χ0n) is 14.1. The molecule has 3 atom stereocenters. The summed E-state index contributed by atoms with van der Waals surface area (Å²) in [5.41, 5.74) is -0.296. The third kappa shape index (κ3) is 2.59. The van der Waals surface area contributed by atoms with Gasteiger partial charge in [-0.25, -0.2) is 0 Å². The normalized spacial score (nSPS) is 31.8. The Kier molecular flexibility index (Phi) is 4.02. The molecule has 2 fully saturated rings. The Bertz CT molecular complexity index is 797. The van der Waals surface area contributed by atoms with E-state index in [1.807, 2.05) is 0 Å². The van der Waals surface area contributed by atoms with Gasteiger partial charge in [0.2, 0.25) is 11.8 Å². The zero-order chi connectivity index (χ0) is 18.5. The lowest BCUT2D eigenvalue weighted by Gasteiger charge is -2.36. The molecule has 0 aliphatic carbocycles. The monoisotopic (exact) mass is 360 g/mol. The number of amides is 3. The first-order valence-corrected chi connectivity index (χ1v) is 8.66. The van der Waals surface area contributed by atoms with Crippen molar-refractivity contribution in [2.24, 2.45) is 0 Å². The molecule has 4 rings (SSSR count). The fraction of sp³-hybridized carbons (Fsp3) is 0.529. The van der Waals surface area contributed by atoms with Crippen molar-refractivity contribution in [2.45, 2.75) is 43.6 Å². The van der Waals surface area contributed by atoms with Crippen molar-refractivity contribution in [1.82, 2.24) is 20.5 Å². The van der Waals surface area contributed by atoms with Crippen LogP contribution in [0, 0.1) is 0 Å². The Labute approximate surface area is 149 Å². The van der Waals surface area contributed by atoms with E-state index in [1.165, 1.54) is 4.90 Å². The Morgan fingerprint density at radius 2 is 2.08 bits per heavy atom. The summed E-state index contributed by atoms with van der Waals surface area (Å²) >= 11 is 0. The Hall–Kier alpha value is -2.36. The van der Waals surface area contributed by atoms with Crippen molar-refractivity contribution in [3.63, 3.8) is 0 Å². The van der Waals surface area contributed by atoms with Crippen LogP contribution in [0.5, 0.6) is 0 Å². The van der Waals surface area contributed by atoms with Gasteiger partial charge >= 0.3 is 0 Å². The van der Waals surface area contributed by atoms with Crippen molar-refractivity contribution in [3.8, 4) is 0 Å². The van der Waals surface area contributed by atoms with Crippen LogP contribution in [0.4, 0.5) is 0 Å². The number of β-amino-alcohol motifs (C(OH)–C–C–N with tert-alkyl or cyclic N) is 1. The minimum Gasteiger partial charge on any atom is -0.388 e. The van der Waals surface area contributed by atoms with E-state index >= 15 is 0 Å². The second-order valence-corrected chi connectivity index (χ2v) is 6.98. The van der Waals surface area contributed by atoms with Crippen molar-refractivity contribution in [2.75, 3.05) is 13.1 Å². The molecule has 0 aromatic carbocycles. The largest absolute Gasteiger partial charge is 0.388 e. The second-order valence-electron chi connectivity index (χ2n) is 6.98. The van der Waals surface area contributed by atoms with Crippen LogP contribution in [0.2, 0.25) is 0 Å². The number of nitrogens with zero attached hydrogens (tertiary/aromatic N) is 2. The van der Waals surface area contributed by atoms with E-state index in [4.69, 9.17) is 0 Å². The summed E-state index contributed by atoms with van der Waals surface area (Å²) in [6, 6.07) is 2.43. The van der Waals surface area contributed by atoms with Crippen molar-refractivity contribution < 1.29 is 24.6 Å². The summed E-state index contributed by atoms with van der Waals surface area (Å²) in [4.78, 5) is 41.9. The zero-order valence-corrected chi connectivity index (χ0v) is 14.1. The second kappa shape index (κ2) is 6.11. The van der Waals surface area contributed by atoms with Crippen molar-refractivity contribution >= 4 is 17.7 Å². The predicted octanol–water partition coefficient (Wildman–Crippen LogP) is -1.62. The molecule has 1 aromatic rings. The number of fused-ring (bicyclic) bond motifs is 1. The number of nitrogens with one attached hydrogen (secondary N) is 2. The van der Waals surface area contributed by atoms with E-state index in [0.29, 0.717) is 29.9 Å². The SMILES string of the molecule is O=C1CCC(N2Cc3nc([C@@]4(O)CCNC[C@@H]4O)ccc3C2=O)C(=O)N1. The van der Waals surface area contributed by atoms with E-state index in [2.05, 4.69) is 15.6 Å². The number of hydrogen-bond acceptors (Lipinski definition) is 7. The number of aliphatic hydroxyl groups excluding tert-OH is 1. The summed E-state index contributed by atoms with van der Waals surface area (Å²) in [6.45, 7) is 0.947. The third-order valence-electron chi connectivity index (χ3n) is 5.39. The topological polar surface area (TPSA) is 132 Å². The molecule has 1 unspecified atom stereocenters. The third-order valence-corrected chi connectivity index (χ3v) is 5.39. The van der Waals surface area contributed by atoms with Crippen molar-refractivity contribution in [1.29, 1.82) is 0 Å². The maximum atomic E-state index is 12.7. The van der Waals surface area contributed by atoms with E-state index in [-0.39, 0.29) is 37.7 Å². The molecular weight excluding hydrogens is 340 g/mol. The molecule has 3 aliphatic heterocycles. The molecule has 3 aliphatic rings. The number of carbonyl (C=O) groups excluding carboxylic acids is 3. The van der Waals surface area contributed by atoms with Gasteiger partial charge in [-0.3, -0.25) is 24.7 Å². The van der Waals surface area contributed by atoms with Crippen LogP contribution in [-0.4, -0.2) is 63.1 Å². The molecule has 3 amide bonds. The molecule has 26 heavy (non-hydrogen) atoms. The predicted molar refractivity (Wildman–Crippen MR) is 87.7 cm³/mol. The molecular formula is C17H20N4O5. The van der Waals surface area contributed by atoms with Crippen LogP contribution in [0.1, 0.15) is 41.0 Å². The van der Waals surface area contributed by atoms with Gasteiger partial charge in [-0.15, -0.1) is 0 Å². The molecule has 2 saturated heterocycles. The standard InChI is InChI=1S/C17H20N4O5/c22-13-7-18-6-5-17(13,26)12-3-1-9-10(19-12)8-21(16(9)25)11-2-4-14(23)20-15(11)24/h1,3,11,13,18,22,26H,2,4-8H2,(H,20,23,24)/t11?,13-,17-/m0/s1. The van der Waals surface area contributed by atoms with Gasteiger partial charge in [-0.05, 0) is 31.5 Å². The molecule has 0 saturated carbocycles. The van der Waals surface area contributed by atoms with Gasteiger partial charge in [0, 0.05) is 13.0 Å². The lowest BCUT2D eigenvalue weighted by Crippen LogP contribution is -2.52. The maximum Gasteiger partial charge on any atom is 0.256 e. The van der Waals surface area contributed by atoms with Crippen molar-refractivity contribution in [3.05, 3.63) is 29.1 Å². The molecule has 4 heterocycles. The van der Waals surface area contributed by atoms with Crippen LogP contribution in [0.15, 0.2) is 12.1 Å². The van der Waals surface area contributed by atoms with Crippen LogP contribution in [0.25, 0.3) is 0 Å². The summed E-state index contributed by atoms with van der Waals surface area (Å²) in [5, 5.41) is 26.3. The summed E-state index contributed by atoms with van der Waals surface area (Å²) < 4.78 is 0. The highest BCUT2D eigenvalue weighted by molar-refractivity contribution is 6.05. The molecule has 1 aromatic heterocycles. The highest BCUT2D eigenvalue weighted by Crippen LogP contribution is 2.33. The molecule has 4 N–H and O–H groups in total. The molecule has 0 bridgehead atoms. The summed E-state index contributed by atoms with van der Waals surface area (Å²) in [7, 11) is 0.